The van der Waals surface area contributed by atoms with Gasteiger partial charge in [-0.25, -0.2) is 0 Å². The lowest BCUT2D eigenvalue weighted by molar-refractivity contribution is -0.153. The molecule has 1 aliphatic rings. The topological polar surface area (TPSA) is 27.7 Å². The Bertz CT molecular complexity index is 807. The van der Waals surface area contributed by atoms with Crippen molar-refractivity contribution < 1.29 is 27.0 Å². The number of halogens is 3. The number of rotatable bonds is 6. The number of hydrogen-bond acceptors (Lipinski definition) is 4. The molecule has 1 aromatic carbocycles. The van der Waals surface area contributed by atoms with Gasteiger partial charge in [-0.15, -0.1) is 0 Å². The van der Waals surface area contributed by atoms with Gasteiger partial charge < -0.3 is 13.8 Å². The Kier molecular flexibility index (Phi) is 6.77. The lowest BCUT2D eigenvalue weighted by Crippen LogP contribution is -2.18. The maximum atomic E-state index is 12.6. The van der Waals surface area contributed by atoms with Gasteiger partial charge in [-0.3, -0.25) is 0 Å². The molecule has 0 saturated carbocycles. The van der Waals surface area contributed by atoms with Crippen molar-refractivity contribution in [1.29, 1.82) is 0 Å². The molecule has 158 valence electrons. The van der Waals surface area contributed by atoms with E-state index in [1.54, 1.807) is 7.11 Å². The number of allylic oxidation sites excluding steroid dienone is 1. The van der Waals surface area contributed by atoms with Crippen LogP contribution in [-0.2, 0) is 25.6 Å². The summed E-state index contributed by atoms with van der Waals surface area (Å²) < 4.78 is 54.6. The summed E-state index contributed by atoms with van der Waals surface area (Å²) in [4.78, 5) is 0. The summed E-state index contributed by atoms with van der Waals surface area (Å²) in [6.45, 7) is 6.89. The van der Waals surface area contributed by atoms with Gasteiger partial charge in [0, 0.05) is 24.8 Å². The molecule has 0 saturated heterocycles. The predicted octanol–water partition coefficient (Wildman–Crippen LogP) is 6.30. The summed E-state index contributed by atoms with van der Waals surface area (Å²) in [5.74, 6) is 0.572. The molecule has 0 amide bonds. The predicted molar refractivity (Wildman–Crippen MR) is 110 cm³/mol. The molecular formula is C20H28F3O3PS. The summed E-state index contributed by atoms with van der Waals surface area (Å²) in [7, 11) is 1.63. The average molecular weight is 436 g/mol. The van der Waals surface area contributed by atoms with E-state index in [4.69, 9.17) is 25.6 Å². The summed E-state index contributed by atoms with van der Waals surface area (Å²) in [6, 6.07) is 4.15. The third kappa shape index (κ3) is 5.38. The Balaban J connectivity index is 2.57. The van der Waals surface area contributed by atoms with Gasteiger partial charge in [0.15, 0.2) is 6.61 Å². The Hall–Kier alpha value is -0.880. The van der Waals surface area contributed by atoms with Gasteiger partial charge in [-0.1, -0.05) is 31.5 Å². The Morgan fingerprint density at radius 1 is 1.18 bits per heavy atom. The molecule has 3 nitrogen and oxygen atoms in total. The van der Waals surface area contributed by atoms with E-state index in [9.17, 15) is 13.2 Å². The maximum absolute atomic E-state index is 12.6. The molecule has 0 N–H and O–H groups in total. The van der Waals surface area contributed by atoms with Crippen LogP contribution in [0, 0.1) is 26.2 Å². The molecule has 0 bridgehead atoms. The molecule has 28 heavy (non-hydrogen) atoms. The van der Waals surface area contributed by atoms with Gasteiger partial charge in [0.05, 0.1) is 6.10 Å². The molecule has 2 unspecified atom stereocenters. The van der Waals surface area contributed by atoms with Crippen molar-refractivity contribution in [3.63, 3.8) is 0 Å². The number of alkyl halides is 3. The zero-order valence-corrected chi connectivity index (χ0v) is 19.1. The van der Waals surface area contributed by atoms with Crippen LogP contribution in [-0.4, -0.2) is 32.7 Å². The van der Waals surface area contributed by atoms with Gasteiger partial charge in [0.25, 0.3) is 0 Å². The second-order valence-electron chi connectivity index (χ2n) is 8.08. The smallest absolute Gasteiger partial charge is 0.412 e. The van der Waals surface area contributed by atoms with Crippen LogP contribution in [0.3, 0.4) is 0 Å². The van der Waals surface area contributed by atoms with E-state index in [-0.39, 0.29) is 6.10 Å². The molecule has 2 rings (SSSR count). The van der Waals surface area contributed by atoms with Crippen molar-refractivity contribution in [3.05, 3.63) is 40.1 Å². The second kappa shape index (κ2) is 8.10. The number of methoxy groups -OCH3 is 1. The third-order valence-corrected chi connectivity index (χ3v) is 6.48. The number of ether oxygens (including phenoxy) is 1. The highest BCUT2D eigenvalue weighted by atomic mass is 32.5. The zero-order valence-electron chi connectivity index (χ0n) is 17.4. The van der Waals surface area contributed by atoms with Crippen molar-refractivity contribution >= 4 is 23.9 Å². The van der Waals surface area contributed by atoms with Crippen molar-refractivity contribution in [2.24, 2.45) is 5.41 Å². The van der Waals surface area contributed by atoms with E-state index in [1.165, 1.54) is 6.66 Å². The molecule has 0 spiro atoms. The van der Waals surface area contributed by atoms with E-state index in [0.29, 0.717) is 12.2 Å². The first-order valence-corrected chi connectivity index (χ1v) is 12.1. The quantitative estimate of drug-likeness (QED) is 0.489. The minimum absolute atomic E-state index is 0.234. The first-order valence-electron chi connectivity index (χ1n) is 9.01. The number of aryl methyl sites for hydroxylation is 3. The summed E-state index contributed by atoms with van der Waals surface area (Å²) in [5, 5.41) is 0. The molecule has 0 aliphatic heterocycles. The highest BCUT2D eigenvalue weighted by Gasteiger charge is 2.44. The maximum Gasteiger partial charge on any atom is 0.412 e. The highest BCUT2D eigenvalue weighted by molar-refractivity contribution is 8.09. The summed E-state index contributed by atoms with van der Waals surface area (Å²) in [5.41, 5.74) is 4.68. The molecule has 1 aliphatic carbocycles. The van der Waals surface area contributed by atoms with E-state index < -0.39 is 24.7 Å². The summed E-state index contributed by atoms with van der Waals surface area (Å²) >= 11 is 5.31. The SMILES string of the molecule is COC1CC(C)(C)C(OP(C)(=S)OCC(F)(F)F)=C1c1c(C)cc(C)cc1C. The van der Waals surface area contributed by atoms with Crippen molar-refractivity contribution in [2.45, 2.75) is 53.3 Å². The van der Waals surface area contributed by atoms with Crippen LogP contribution in [0.1, 0.15) is 42.5 Å². The average Bonchev–Trinajstić information content (AvgIpc) is 2.75. The van der Waals surface area contributed by atoms with Crippen LogP contribution in [0.2, 0.25) is 0 Å². The normalized spacial score (nSPS) is 21.7. The monoisotopic (exact) mass is 436 g/mol. The Morgan fingerprint density at radius 2 is 1.71 bits per heavy atom. The molecule has 8 heteroatoms. The third-order valence-electron chi connectivity index (χ3n) is 4.83. The fraction of sp³-hybridized carbons (Fsp3) is 0.600. The molecule has 0 aromatic heterocycles. The Labute approximate surface area is 170 Å². The summed E-state index contributed by atoms with van der Waals surface area (Å²) in [6.07, 6.45) is -4.04. The van der Waals surface area contributed by atoms with Crippen molar-refractivity contribution in [3.8, 4) is 0 Å². The van der Waals surface area contributed by atoms with Gasteiger partial charge in [-0.05, 0) is 55.7 Å². The number of hydrogen-bond donors (Lipinski definition) is 0. The zero-order chi connectivity index (χ0) is 21.5. The lowest BCUT2D eigenvalue weighted by atomic mass is 9.90. The standard InChI is InChI=1S/C20H28F3O3PS/c1-12-8-13(2)16(14(3)9-12)17-15(24-6)10-19(4,5)18(17)26-27(7,28)25-11-20(21,22)23/h8-9,15H,10-11H2,1-7H3. The van der Waals surface area contributed by atoms with Crippen LogP contribution < -0.4 is 0 Å². The van der Waals surface area contributed by atoms with Gasteiger partial charge in [0.2, 0.25) is 6.49 Å². The van der Waals surface area contributed by atoms with Crippen molar-refractivity contribution in [2.75, 3.05) is 20.4 Å². The van der Waals surface area contributed by atoms with E-state index >= 15 is 0 Å². The van der Waals surface area contributed by atoms with E-state index in [2.05, 4.69) is 12.1 Å². The van der Waals surface area contributed by atoms with Crippen LogP contribution >= 0.6 is 6.49 Å². The first kappa shape index (κ1) is 23.4. The van der Waals surface area contributed by atoms with E-state index in [1.807, 2.05) is 34.6 Å². The molecular weight excluding hydrogens is 408 g/mol. The fourth-order valence-corrected chi connectivity index (χ4v) is 5.30. The molecule has 0 radical (unpaired) electrons. The van der Waals surface area contributed by atoms with Crippen LogP contribution in [0.25, 0.3) is 5.57 Å². The van der Waals surface area contributed by atoms with Crippen LogP contribution in [0.15, 0.2) is 17.9 Å². The van der Waals surface area contributed by atoms with Gasteiger partial charge >= 0.3 is 6.18 Å². The molecule has 0 fully saturated rings. The first-order chi connectivity index (χ1) is 12.7. The lowest BCUT2D eigenvalue weighted by Gasteiger charge is -2.28. The molecule has 1 aromatic rings. The molecule has 0 heterocycles. The van der Waals surface area contributed by atoms with Crippen LogP contribution in [0.4, 0.5) is 13.2 Å². The highest BCUT2D eigenvalue weighted by Crippen LogP contribution is 2.57. The minimum Gasteiger partial charge on any atom is -0.447 e. The van der Waals surface area contributed by atoms with E-state index in [0.717, 1.165) is 27.8 Å². The fourth-order valence-electron chi connectivity index (χ4n) is 3.80. The van der Waals surface area contributed by atoms with Crippen LogP contribution in [0.5, 0.6) is 0 Å². The number of benzene rings is 1. The minimum atomic E-state index is -4.45. The van der Waals surface area contributed by atoms with Gasteiger partial charge in [0.1, 0.15) is 5.76 Å². The largest absolute Gasteiger partial charge is 0.447 e. The second-order valence-corrected chi connectivity index (χ2v) is 12.1. The van der Waals surface area contributed by atoms with Crippen molar-refractivity contribution in [1.82, 2.24) is 0 Å². The Morgan fingerprint density at radius 3 is 2.18 bits per heavy atom. The van der Waals surface area contributed by atoms with Gasteiger partial charge in [-0.2, -0.15) is 13.2 Å². The molecule has 2 atom stereocenters.